The third-order valence-electron chi connectivity index (χ3n) is 3.14. The summed E-state index contributed by atoms with van der Waals surface area (Å²) in [6.07, 6.45) is 10.1. The average molecular weight is 205 g/mol. The van der Waals surface area contributed by atoms with Crippen LogP contribution in [0.3, 0.4) is 0 Å². The summed E-state index contributed by atoms with van der Waals surface area (Å²) in [6, 6.07) is 3.87. The molecule has 0 spiro atoms. The van der Waals surface area contributed by atoms with Crippen molar-refractivity contribution >= 4 is 5.82 Å². The molecule has 0 atom stereocenters. The second-order valence-electron chi connectivity index (χ2n) is 4.33. The molecule has 0 unspecified atom stereocenters. The predicted molar refractivity (Wildman–Crippen MR) is 61.7 cm³/mol. The zero-order chi connectivity index (χ0) is 10.3. The third-order valence-corrected chi connectivity index (χ3v) is 3.14. The molecule has 0 aliphatic heterocycles. The number of hydrogen-bond donors (Lipinski definition) is 1. The molecule has 3 heteroatoms. The van der Waals surface area contributed by atoms with Gasteiger partial charge in [0.15, 0.2) is 0 Å². The highest BCUT2D eigenvalue weighted by molar-refractivity contribution is 5.30. The Bertz CT molecular complexity index is 267. The molecule has 15 heavy (non-hydrogen) atoms. The van der Waals surface area contributed by atoms with E-state index in [1.54, 1.807) is 6.20 Å². The van der Waals surface area contributed by atoms with Crippen molar-refractivity contribution in [1.29, 1.82) is 0 Å². The van der Waals surface area contributed by atoms with Crippen LogP contribution in [0.15, 0.2) is 18.3 Å². The van der Waals surface area contributed by atoms with Crippen molar-refractivity contribution in [2.75, 3.05) is 11.9 Å². The van der Waals surface area contributed by atoms with Gasteiger partial charge in [0.05, 0.1) is 0 Å². The van der Waals surface area contributed by atoms with Gasteiger partial charge in [0, 0.05) is 12.7 Å². The fourth-order valence-electron chi connectivity index (χ4n) is 2.30. The molecule has 1 heterocycles. The number of nitrogens with one attached hydrogen (secondary N) is 1. The molecule has 1 aromatic heterocycles. The standard InChI is InChI=1S/C12H19N3/c1-2-6-11(5-1)7-3-9-13-12-8-4-10-14-15-12/h4,8,10-11H,1-3,5-7,9H2,(H,13,15). The molecule has 0 bridgehead atoms. The van der Waals surface area contributed by atoms with Crippen molar-refractivity contribution in [3.8, 4) is 0 Å². The van der Waals surface area contributed by atoms with E-state index in [1.165, 1.54) is 38.5 Å². The summed E-state index contributed by atoms with van der Waals surface area (Å²) in [5, 5.41) is 11.1. The molecule has 0 amide bonds. The van der Waals surface area contributed by atoms with Gasteiger partial charge < -0.3 is 5.32 Å². The summed E-state index contributed by atoms with van der Waals surface area (Å²) in [4.78, 5) is 0. The monoisotopic (exact) mass is 205 g/mol. The van der Waals surface area contributed by atoms with Crippen molar-refractivity contribution < 1.29 is 0 Å². The SMILES string of the molecule is c1cnnc(NCCCC2CCCC2)c1. The highest BCUT2D eigenvalue weighted by atomic mass is 15.2. The van der Waals surface area contributed by atoms with Crippen molar-refractivity contribution in [2.45, 2.75) is 38.5 Å². The first kappa shape index (κ1) is 10.4. The van der Waals surface area contributed by atoms with Crippen LogP contribution in [0.5, 0.6) is 0 Å². The number of anilines is 1. The van der Waals surface area contributed by atoms with Crippen LogP contribution < -0.4 is 5.32 Å². The van der Waals surface area contributed by atoms with E-state index in [9.17, 15) is 0 Å². The summed E-state index contributed by atoms with van der Waals surface area (Å²) < 4.78 is 0. The fraction of sp³-hybridized carbons (Fsp3) is 0.667. The van der Waals surface area contributed by atoms with Gasteiger partial charge in [0.2, 0.25) is 0 Å². The van der Waals surface area contributed by atoms with Gasteiger partial charge in [-0.05, 0) is 30.9 Å². The first-order chi connectivity index (χ1) is 7.45. The van der Waals surface area contributed by atoms with Crippen LogP contribution >= 0.6 is 0 Å². The lowest BCUT2D eigenvalue weighted by Crippen LogP contribution is -2.05. The number of rotatable bonds is 5. The Morgan fingerprint density at radius 3 is 2.93 bits per heavy atom. The Balaban J connectivity index is 1.59. The Morgan fingerprint density at radius 1 is 1.33 bits per heavy atom. The Morgan fingerprint density at radius 2 is 2.20 bits per heavy atom. The lowest BCUT2D eigenvalue weighted by Gasteiger charge is -2.08. The van der Waals surface area contributed by atoms with Crippen LogP contribution in [0, 0.1) is 5.92 Å². The van der Waals surface area contributed by atoms with Crippen molar-refractivity contribution in [2.24, 2.45) is 5.92 Å². The predicted octanol–water partition coefficient (Wildman–Crippen LogP) is 2.86. The lowest BCUT2D eigenvalue weighted by atomic mass is 10.0. The minimum absolute atomic E-state index is 0.893. The van der Waals surface area contributed by atoms with Gasteiger partial charge in [-0.2, -0.15) is 5.10 Å². The van der Waals surface area contributed by atoms with Crippen molar-refractivity contribution in [1.82, 2.24) is 10.2 Å². The highest BCUT2D eigenvalue weighted by Gasteiger charge is 2.13. The smallest absolute Gasteiger partial charge is 0.148 e. The van der Waals surface area contributed by atoms with Gasteiger partial charge in [-0.1, -0.05) is 25.7 Å². The Hall–Kier alpha value is -1.12. The first-order valence-corrected chi connectivity index (χ1v) is 5.97. The summed E-state index contributed by atoms with van der Waals surface area (Å²) in [5.74, 6) is 1.89. The van der Waals surface area contributed by atoms with Crippen LogP contribution in [-0.4, -0.2) is 16.7 Å². The van der Waals surface area contributed by atoms with Gasteiger partial charge in [0.25, 0.3) is 0 Å². The zero-order valence-electron chi connectivity index (χ0n) is 9.15. The van der Waals surface area contributed by atoms with E-state index in [0.29, 0.717) is 0 Å². The van der Waals surface area contributed by atoms with E-state index >= 15 is 0 Å². The number of aromatic nitrogens is 2. The molecular weight excluding hydrogens is 186 g/mol. The minimum Gasteiger partial charge on any atom is -0.369 e. The van der Waals surface area contributed by atoms with Crippen molar-refractivity contribution in [3.63, 3.8) is 0 Å². The fourth-order valence-corrected chi connectivity index (χ4v) is 2.30. The van der Waals surface area contributed by atoms with Gasteiger partial charge >= 0.3 is 0 Å². The first-order valence-electron chi connectivity index (χ1n) is 5.97. The summed E-state index contributed by atoms with van der Waals surface area (Å²) >= 11 is 0. The highest BCUT2D eigenvalue weighted by Crippen LogP contribution is 2.28. The quantitative estimate of drug-likeness (QED) is 0.751. The molecule has 1 saturated carbocycles. The molecule has 2 rings (SSSR count). The van der Waals surface area contributed by atoms with Crippen LogP contribution in [0.2, 0.25) is 0 Å². The largest absolute Gasteiger partial charge is 0.369 e. The van der Waals surface area contributed by atoms with Gasteiger partial charge in [0.1, 0.15) is 5.82 Å². The molecule has 1 aliphatic carbocycles. The number of hydrogen-bond acceptors (Lipinski definition) is 3. The molecular formula is C12H19N3. The molecule has 1 fully saturated rings. The van der Waals surface area contributed by atoms with E-state index in [4.69, 9.17) is 0 Å². The van der Waals surface area contributed by atoms with Crippen molar-refractivity contribution in [3.05, 3.63) is 18.3 Å². The third kappa shape index (κ3) is 3.50. The van der Waals surface area contributed by atoms with E-state index in [-0.39, 0.29) is 0 Å². The molecule has 0 saturated heterocycles. The zero-order valence-corrected chi connectivity index (χ0v) is 9.15. The molecule has 1 aliphatic rings. The average Bonchev–Trinajstić information content (AvgIpc) is 2.79. The molecule has 0 aromatic carbocycles. The maximum atomic E-state index is 3.99. The van der Waals surface area contributed by atoms with E-state index in [1.807, 2.05) is 12.1 Å². The van der Waals surface area contributed by atoms with E-state index in [0.717, 1.165) is 18.3 Å². The minimum atomic E-state index is 0.893. The Kier molecular flexibility index (Phi) is 3.94. The summed E-state index contributed by atoms with van der Waals surface area (Å²) in [5.41, 5.74) is 0. The normalized spacial score (nSPS) is 16.8. The molecule has 3 nitrogen and oxygen atoms in total. The number of nitrogens with zero attached hydrogens (tertiary/aromatic N) is 2. The van der Waals surface area contributed by atoms with Gasteiger partial charge in [-0.25, -0.2) is 0 Å². The second-order valence-corrected chi connectivity index (χ2v) is 4.33. The van der Waals surface area contributed by atoms with Gasteiger partial charge in [-0.15, -0.1) is 5.10 Å². The second kappa shape index (κ2) is 5.69. The summed E-state index contributed by atoms with van der Waals surface area (Å²) in [6.45, 7) is 1.02. The molecule has 1 N–H and O–H groups in total. The maximum absolute atomic E-state index is 3.99. The van der Waals surface area contributed by atoms with E-state index < -0.39 is 0 Å². The topological polar surface area (TPSA) is 37.8 Å². The summed E-state index contributed by atoms with van der Waals surface area (Å²) in [7, 11) is 0. The van der Waals surface area contributed by atoms with E-state index in [2.05, 4.69) is 15.5 Å². The maximum Gasteiger partial charge on any atom is 0.148 e. The van der Waals surface area contributed by atoms with Crippen LogP contribution in [0.1, 0.15) is 38.5 Å². The van der Waals surface area contributed by atoms with Gasteiger partial charge in [-0.3, -0.25) is 0 Å². The van der Waals surface area contributed by atoms with Crippen LogP contribution in [0.25, 0.3) is 0 Å². The molecule has 0 radical (unpaired) electrons. The molecule has 82 valence electrons. The van der Waals surface area contributed by atoms with Crippen LogP contribution in [-0.2, 0) is 0 Å². The lowest BCUT2D eigenvalue weighted by molar-refractivity contribution is 0.491. The molecule has 1 aromatic rings. The Labute approximate surface area is 91.3 Å². The van der Waals surface area contributed by atoms with Crippen LogP contribution in [0.4, 0.5) is 5.82 Å².